The monoisotopic (exact) mass is 583 g/mol. The van der Waals surface area contributed by atoms with E-state index < -0.39 is 17.9 Å². The summed E-state index contributed by atoms with van der Waals surface area (Å²) in [6.45, 7) is 9.19. The van der Waals surface area contributed by atoms with Crippen LogP contribution in [0, 0.1) is 0 Å². The highest BCUT2D eigenvalue weighted by atomic mass is 16.5. The molecule has 0 bridgehead atoms. The van der Waals surface area contributed by atoms with Crippen molar-refractivity contribution in [2.24, 2.45) is 0 Å². The van der Waals surface area contributed by atoms with Crippen LogP contribution in [0.4, 0.5) is 0 Å². The number of rotatable bonds is 14. The van der Waals surface area contributed by atoms with E-state index in [0.717, 1.165) is 34.4 Å². The number of nitrogens with zero attached hydrogens (tertiary/aromatic N) is 2. The lowest BCUT2D eigenvalue weighted by Gasteiger charge is -2.19. The molecule has 0 fully saturated rings. The fourth-order valence-electron chi connectivity index (χ4n) is 4.64. The van der Waals surface area contributed by atoms with Gasteiger partial charge in [0.05, 0.1) is 6.61 Å². The largest absolute Gasteiger partial charge is 0.494 e. The van der Waals surface area contributed by atoms with Gasteiger partial charge in [-0.2, -0.15) is 4.98 Å². The molecule has 0 saturated heterocycles. The number of carboxylic acid groups (broad SMARTS) is 1. The Morgan fingerprint density at radius 1 is 0.884 bits per heavy atom. The number of hydrogen-bond donors (Lipinski definition) is 2. The van der Waals surface area contributed by atoms with E-state index in [1.165, 1.54) is 25.7 Å². The summed E-state index contributed by atoms with van der Waals surface area (Å²) in [6, 6.07) is 21.0. The number of unbranched alkanes of at least 4 members (excludes halogenated alkanes) is 4. The van der Waals surface area contributed by atoms with Crippen LogP contribution >= 0.6 is 0 Å². The van der Waals surface area contributed by atoms with Crippen molar-refractivity contribution in [2.75, 3.05) is 6.61 Å². The highest BCUT2D eigenvalue weighted by molar-refractivity contribution is 5.96. The number of amides is 1. The predicted octanol–water partition coefficient (Wildman–Crippen LogP) is 7.48. The van der Waals surface area contributed by atoms with Crippen molar-refractivity contribution < 1.29 is 24.0 Å². The van der Waals surface area contributed by atoms with Gasteiger partial charge in [0.1, 0.15) is 11.8 Å². The smallest absolute Gasteiger partial charge is 0.326 e. The molecule has 0 spiro atoms. The lowest BCUT2D eigenvalue weighted by atomic mass is 9.86. The molecular weight excluding hydrogens is 542 g/mol. The van der Waals surface area contributed by atoms with Gasteiger partial charge >= 0.3 is 5.97 Å². The lowest BCUT2D eigenvalue weighted by Crippen LogP contribution is -2.42. The molecule has 1 amide bonds. The molecule has 0 saturated carbocycles. The second kappa shape index (κ2) is 14.6. The van der Waals surface area contributed by atoms with E-state index in [4.69, 9.17) is 9.26 Å². The standard InChI is InChI=1S/C35H41N3O5/c1-5-6-7-8-9-22-42-29-20-16-27(17-21-29)33-37-31(38-43-33)25-12-10-24(11-13-25)23-30(34(40)41)36-32(39)26-14-18-28(19-15-26)35(2,3)4/h10-21,30H,5-9,22-23H2,1-4H3,(H,36,39)(H,40,41). The molecule has 1 unspecified atom stereocenters. The zero-order valence-electron chi connectivity index (χ0n) is 25.4. The first-order chi connectivity index (χ1) is 20.6. The normalized spacial score (nSPS) is 12.1. The van der Waals surface area contributed by atoms with Crippen LogP contribution in [0.15, 0.2) is 77.3 Å². The Labute approximate surface area is 253 Å². The summed E-state index contributed by atoms with van der Waals surface area (Å²) in [5.74, 6) is 0.106. The van der Waals surface area contributed by atoms with Gasteiger partial charge in [0.15, 0.2) is 0 Å². The average molecular weight is 584 g/mol. The molecule has 0 aliphatic rings. The Morgan fingerprint density at radius 2 is 1.53 bits per heavy atom. The number of nitrogens with one attached hydrogen (secondary N) is 1. The maximum absolute atomic E-state index is 12.8. The molecule has 226 valence electrons. The molecule has 1 heterocycles. The van der Waals surface area contributed by atoms with Crippen LogP contribution in [0.1, 0.15) is 81.3 Å². The summed E-state index contributed by atoms with van der Waals surface area (Å²) < 4.78 is 11.3. The van der Waals surface area contributed by atoms with Crippen molar-refractivity contribution in [1.82, 2.24) is 15.5 Å². The van der Waals surface area contributed by atoms with E-state index in [1.807, 2.05) is 48.5 Å². The summed E-state index contributed by atoms with van der Waals surface area (Å²) in [5.41, 5.74) is 3.75. The zero-order valence-corrected chi connectivity index (χ0v) is 25.4. The molecule has 2 N–H and O–H groups in total. The third kappa shape index (κ3) is 9.01. The van der Waals surface area contributed by atoms with E-state index in [9.17, 15) is 14.7 Å². The van der Waals surface area contributed by atoms with E-state index in [2.05, 4.69) is 43.2 Å². The zero-order chi connectivity index (χ0) is 30.8. The first-order valence-electron chi connectivity index (χ1n) is 14.9. The Morgan fingerprint density at radius 3 is 2.16 bits per heavy atom. The minimum absolute atomic E-state index is 0.0401. The number of carbonyl (C=O) groups is 2. The van der Waals surface area contributed by atoms with Crippen LogP contribution in [0.25, 0.3) is 22.8 Å². The van der Waals surface area contributed by atoms with Gasteiger partial charge in [0.2, 0.25) is 5.82 Å². The second-order valence-corrected chi connectivity index (χ2v) is 11.8. The minimum atomic E-state index is -1.10. The Bertz CT molecular complexity index is 1470. The van der Waals surface area contributed by atoms with Gasteiger partial charge in [-0.1, -0.05) is 94.9 Å². The van der Waals surface area contributed by atoms with Crippen LogP contribution in [0.5, 0.6) is 5.75 Å². The summed E-state index contributed by atoms with van der Waals surface area (Å²) in [5, 5.41) is 16.5. The quantitative estimate of drug-likeness (QED) is 0.148. The fraction of sp³-hybridized carbons (Fsp3) is 0.371. The van der Waals surface area contributed by atoms with Crippen LogP contribution in [-0.2, 0) is 16.6 Å². The van der Waals surface area contributed by atoms with E-state index >= 15 is 0 Å². The number of benzene rings is 3. The van der Waals surface area contributed by atoms with Crippen molar-refractivity contribution in [3.05, 3.63) is 89.5 Å². The van der Waals surface area contributed by atoms with Gasteiger partial charge in [-0.25, -0.2) is 4.79 Å². The molecule has 4 rings (SSSR count). The highest BCUT2D eigenvalue weighted by Crippen LogP contribution is 2.25. The van der Waals surface area contributed by atoms with Crippen molar-refractivity contribution in [3.8, 4) is 28.6 Å². The third-order valence-electron chi connectivity index (χ3n) is 7.31. The highest BCUT2D eigenvalue weighted by Gasteiger charge is 2.22. The molecule has 0 radical (unpaired) electrons. The van der Waals surface area contributed by atoms with Crippen molar-refractivity contribution in [1.29, 1.82) is 0 Å². The summed E-state index contributed by atoms with van der Waals surface area (Å²) in [4.78, 5) is 29.2. The summed E-state index contributed by atoms with van der Waals surface area (Å²) >= 11 is 0. The molecule has 3 aromatic carbocycles. The van der Waals surface area contributed by atoms with Gasteiger partial charge in [0.25, 0.3) is 11.8 Å². The average Bonchev–Trinajstić information content (AvgIpc) is 3.49. The Balaban J connectivity index is 1.33. The molecular formula is C35H41N3O5. The maximum Gasteiger partial charge on any atom is 0.326 e. The first-order valence-corrected chi connectivity index (χ1v) is 14.9. The van der Waals surface area contributed by atoms with Gasteiger partial charge in [-0.15, -0.1) is 0 Å². The third-order valence-corrected chi connectivity index (χ3v) is 7.31. The molecule has 43 heavy (non-hydrogen) atoms. The number of ether oxygens (including phenoxy) is 1. The number of hydrogen-bond acceptors (Lipinski definition) is 6. The number of aromatic nitrogens is 2. The molecule has 4 aromatic rings. The van der Waals surface area contributed by atoms with Gasteiger partial charge in [0, 0.05) is 23.1 Å². The van der Waals surface area contributed by atoms with Crippen LogP contribution < -0.4 is 10.1 Å². The minimum Gasteiger partial charge on any atom is -0.494 e. The topological polar surface area (TPSA) is 115 Å². The van der Waals surface area contributed by atoms with Crippen molar-refractivity contribution in [3.63, 3.8) is 0 Å². The molecule has 8 nitrogen and oxygen atoms in total. The SMILES string of the molecule is CCCCCCCOc1ccc(-c2nc(-c3ccc(CC(NC(=O)c4ccc(C(C)(C)C)cc4)C(=O)O)cc3)no2)cc1. The van der Waals surface area contributed by atoms with Gasteiger partial charge in [-0.3, -0.25) is 4.79 Å². The predicted molar refractivity (Wildman–Crippen MR) is 167 cm³/mol. The van der Waals surface area contributed by atoms with Crippen LogP contribution in [0.3, 0.4) is 0 Å². The fourth-order valence-corrected chi connectivity index (χ4v) is 4.64. The maximum atomic E-state index is 12.8. The molecule has 1 aromatic heterocycles. The van der Waals surface area contributed by atoms with E-state index in [0.29, 0.717) is 23.9 Å². The van der Waals surface area contributed by atoms with Crippen LogP contribution in [-0.4, -0.2) is 39.8 Å². The number of carbonyl (C=O) groups excluding carboxylic acids is 1. The molecule has 8 heteroatoms. The summed E-state index contributed by atoms with van der Waals surface area (Å²) in [6.07, 6.45) is 6.10. The second-order valence-electron chi connectivity index (χ2n) is 11.8. The molecule has 1 atom stereocenters. The Kier molecular flexibility index (Phi) is 10.7. The first kappa shape index (κ1) is 31.5. The van der Waals surface area contributed by atoms with E-state index in [-0.39, 0.29) is 11.8 Å². The van der Waals surface area contributed by atoms with Gasteiger partial charge in [-0.05, 0) is 59.4 Å². The number of carboxylic acids is 1. The van der Waals surface area contributed by atoms with Crippen molar-refractivity contribution >= 4 is 11.9 Å². The van der Waals surface area contributed by atoms with Crippen molar-refractivity contribution in [2.45, 2.75) is 77.7 Å². The molecule has 0 aliphatic heterocycles. The lowest BCUT2D eigenvalue weighted by molar-refractivity contribution is -0.139. The summed E-state index contributed by atoms with van der Waals surface area (Å²) in [7, 11) is 0. The Hall–Kier alpha value is -4.46. The number of aliphatic carboxylic acids is 1. The van der Waals surface area contributed by atoms with Gasteiger partial charge < -0.3 is 19.7 Å². The molecule has 0 aliphatic carbocycles. The van der Waals surface area contributed by atoms with E-state index in [1.54, 1.807) is 24.3 Å². The van der Waals surface area contributed by atoms with Crippen LogP contribution in [0.2, 0.25) is 0 Å².